The normalized spacial score (nSPS) is 26.3. The molecule has 2 aromatic carbocycles. The molecule has 2 aromatic rings. The van der Waals surface area contributed by atoms with Crippen molar-refractivity contribution in [2.45, 2.75) is 80.9 Å². The number of aliphatic hydroxyl groups excluding tert-OH is 1. The van der Waals surface area contributed by atoms with E-state index in [1.807, 2.05) is 13.8 Å². The molecule has 4 N–H and O–H groups in total. The number of nitrogens with zero attached hydrogens (tertiary/aromatic N) is 1. The molecule has 0 radical (unpaired) electrons. The number of fused-ring (bicyclic) bond motifs is 5. The van der Waals surface area contributed by atoms with E-state index in [-0.39, 0.29) is 54.6 Å². The number of aliphatic hydroxyl groups is 1. The highest BCUT2D eigenvalue weighted by molar-refractivity contribution is 7.90. The zero-order valence-corrected chi connectivity index (χ0v) is 25.9. The lowest BCUT2D eigenvalue weighted by Crippen LogP contribution is -2.53. The van der Waals surface area contributed by atoms with Gasteiger partial charge in [-0.2, -0.15) is 0 Å². The number of nitrogens with one attached hydrogen (secondary N) is 3. The molecule has 238 valence electrons. The van der Waals surface area contributed by atoms with Gasteiger partial charge in [-0.3, -0.25) is 9.59 Å². The summed E-state index contributed by atoms with van der Waals surface area (Å²) in [6, 6.07) is 9.77. The maximum Gasteiger partial charge on any atom is 0.318 e. The van der Waals surface area contributed by atoms with Gasteiger partial charge in [0.15, 0.2) is 9.84 Å². The van der Waals surface area contributed by atoms with Crippen LogP contribution in [-0.4, -0.2) is 98.7 Å². The van der Waals surface area contributed by atoms with E-state index in [2.05, 4.69) is 16.0 Å². The molecule has 13 heteroatoms. The van der Waals surface area contributed by atoms with Crippen molar-refractivity contribution >= 4 is 27.7 Å². The van der Waals surface area contributed by atoms with Gasteiger partial charge in [0.05, 0.1) is 29.3 Å². The van der Waals surface area contributed by atoms with Crippen molar-refractivity contribution < 1.29 is 37.4 Å². The molecule has 4 amide bonds. The van der Waals surface area contributed by atoms with E-state index in [1.165, 1.54) is 17.0 Å². The minimum Gasteiger partial charge on any atom is -0.493 e. The highest BCUT2D eigenvalue weighted by Gasteiger charge is 2.41. The first kappa shape index (κ1) is 31.7. The molecule has 2 fully saturated rings. The van der Waals surface area contributed by atoms with Gasteiger partial charge in [0.2, 0.25) is 5.91 Å². The van der Waals surface area contributed by atoms with E-state index in [0.717, 1.165) is 17.4 Å². The number of ether oxygens (including phenoxy) is 2. The average Bonchev–Trinajstić information content (AvgIpc) is 3.40. The van der Waals surface area contributed by atoms with Crippen molar-refractivity contribution in [3.05, 3.63) is 48.0 Å². The van der Waals surface area contributed by atoms with E-state index in [4.69, 9.17) is 9.47 Å². The number of sulfone groups is 1. The number of rotatable bonds is 3. The summed E-state index contributed by atoms with van der Waals surface area (Å²) in [5.74, 6) is -0.437. The van der Waals surface area contributed by atoms with Crippen molar-refractivity contribution in [3.63, 3.8) is 0 Å². The van der Waals surface area contributed by atoms with Crippen LogP contribution in [0.4, 0.5) is 4.79 Å². The molecular formula is C31H40N4O8S. The fraction of sp³-hybridized carbons (Fsp3) is 0.516. The fourth-order valence-electron chi connectivity index (χ4n) is 5.87. The van der Waals surface area contributed by atoms with E-state index < -0.39 is 46.1 Å². The van der Waals surface area contributed by atoms with Crippen LogP contribution in [0.1, 0.15) is 49.9 Å². The Morgan fingerprint density at radius 3 is 2.50 bits per heavy atom. The van der Waals surface area contributed by atoms with Gasteiger partial charge in [-0.15, -0.1) is 0 Å². The monoisotopic (exact) mass is 628 g/mol. The second-order valence-corrected chi connectivity index (χ2v) is 14.0. The van der Waals surface area contributed by atoms with E-state index in [0.29, 0.717) is 25.0 Å². The van der Waals surface area contributed by atoms with Crippen molar-refractivity contribution in [2.75, 3.05) is 26.0 Å². The van der Waals surface area contributed by atoms with Crippen molar-refractivity contribution in [1.29, 1.82) is 0 Å². The molecule has 12 nitrogen and oxygen atoms in total. The molecule has 3 heterocycles. The number of amides is 4. The first-order chi connectivity index (χ1) is 20.9. The Morgan fingerprint density at radius 2 is 1.80 bits per heavy atom. The van der Waals surface area contributed by atoms with Crippen LogP contribution in [-0.2, 0) is 19.4 Å². The summed E-state index contributed by atoms with van der Waals surface area (Å²) in [6.45, 7) is 4.12. The summed E-state index contributed by atoms with van der Waals surface area (Å²) in [5, 5.41) is 19.2. The van der Waals surface area contributed by atoms with Gasteiger partial charge in [0.1, 0.15) is 17.9 Å². The van der Waals surface area contributed by atoms with Crippen LogP contribution < -0.4 is 20.7 Å². The van der Waals surface area contributed by atoms with Crippen LogP contribution >= 0.6 is 0 Å². The topological polar surface area (TPSA) is 163 Å². The lowest BCUT2D eigenvalue weighted by Gasteiger charge is -2.34. The Morgan fingerprint density at radius 1 is 1.07 bits per heavy atom. The Labute approximate surface area is 257 Å². The smallest absolute Gasteiger partial charge is 0.318 e. The van der Waals surface area contributed by atoms with Gasteiger partial charge in [0.25, 0.3) is 5.91 Å². The molecule has 0 unspecified atom stereocenters. The van der Waals surface area contributed by atoms with Crippen LogP contribution in [0.2, 0.25) is 0 Å². The number of likely N-dealkylation sites (tertiary alicyclic amines) is 1. The highest BCUT2D eigenvalue weighted by atomic mass is 32.2. The molecule has 2 saturated heterocycles. The SMILES string of the molecule is CC(C)NC(=O)N1C[C@@H]2C[C@H]1C(=O)NC[C@H]1O[C@H](CCOc3cc(-c4ccc(S(C)(=O)=O)cc4)ccc3C(=O)N2)CC[C@@H]1O. The second kappa shape index (κ2) is 13.1. The largest absolute Gasteiger partial charge is 0.493 e. The third-order valence-electron chi connectivity index (χ3n) is 8.21. The summed E-state index contributed by atoms with van der Waals surface area (Å²) in [7, 11) is -3.35. The average molecular weight is 629 g/mol. The molecule has 44 heavy (non-hydrogen) atoms. The fourth-order valence-corrected chi connectivity index (χ4v) is 6.50. The van der Waals surface area contributed by atoms with Gasteiger partial charge < -0.3 is 35.4 Å². The molecule has 0 spiro atoms. The summed E-state index contributed by atoms with van der Waals surface area (Å²) in [5.41, 5.74) is 1.77. The quantitative estimate of drug-likeness (QED) is 0.400. The number of carbonyl (C=O) groups is 3. The molecule has 0 aliphatic carbocycles. The molecule has 4 bridgehead atoms. The molecule has 3 aliphatic rings. The Kier molecular flexibility index (Phi) is 9.47. The van der Waals surface area contributed by atoms with Crippen LogP contribution in [0, 0.1) is 0 Å². The van der Waals surface area contributed by atoms with Gasteiger partial charge in [-0.05, 0) is 68.5 Å². The second-order valence-electron chi connectivity index (χ2n) is 12.0. The lowest BCUT2D eigenvalue weighted by atomic mass is 9.99. The first-order valence-electron chi connectivity index (χ1n) is 15.0. The maximum absolute atomic E-state index is 13.6. The van der Waals surface area contributed by atoms with Crippen LogP contribution in [0.5, 0.6) is 5.75 Å². The Hall–Kier alpha value is -3.68. The molecule has 5 atom stereocenters. The standard InChI is InChI=1S/C31H40N4O8S/c1-18(2)33-31(39)35-17-21-15-25(35)30(38)32-16-28-26(36)11-7-22(43-28)12-13-42-27-14-20(6-10-24(27)29(37)34-21)19-4-8-23(9-5-19)44(3,40)41/h4-6,8-10,14,18,21-22,25-26,28,36H,7,11-13,15-17H2,1-3H3,(H,32,38)(H,33,39)(H,34,37)/t21-,22-,25-,26-,28+/m0/s1. The number of carbonyl (C=O) groups excluding carboxylic acids is 3. The van der Waals surface area contributed by atoms with Crippen LogP contribution in [0.3, 0.4) is 0 Å². The van der Waals surface area contributed by atoms with Crippen molar-refractivity contribution in [1.82, 2.24) is 20.9 Å². The number of benzene rings is 2. The van der Waals surface area contributed by atoms with Crippen molar-refractivity contribution in [3.8, 4) is 16.9 Å². The third-order valence-corrected chi connectivity index (χ3v) is 9.34. The number of urea groups is 1. The minimum atomic E-state index is -3.35. The summed E-state index contributed by atoms with van der Waals surface area (Å²) in [6.07, 6.45) is 1.42. The molecule has 5 rings (SSSR count). The Balaban J connectivity index is 1.45. The summed E-state index contributed by atoms with van der Waals surface area (Å²) in [4.78, 5) is 41.6. The first-order valence-corrected chi connectivity index (χ1v) is 16.8. The van der Waals surface area contributed by atoms with Crippen molar-refractivity contribution in [2.24, 2.45) is 0 Å². The predicted octanol–water partition coefficient (Wildman–Crippen LogP) is 1.86. The van der Waals surface area contributed by atoms with E-state index >= 15 is 0 Å². The summed E-state index contributed by atoms with van der Waals surface area (Å²) < 4.78 is 36.1. The number of hydrogen-bond donors (Lipinski definition) is 4. The zero-order valence-electron chi connectivity index (χ0n) is 25.1. The predicted molar refractivity (Wildman–Crippen MR) is 162 cm³/mol. The summed E-state index contributed by atoms with van der Waals surface area (Å²) >= 11 is 0. The van der Waals surface area contributed by atoms with E-state index in [9.17, 15) is 27.9 Å². The van der Waals surface area contributed by atoms with Gasteiger partial charge in [-0.25, -0.2) is 13.2 Å². The highest BCUT2D eigenvalue weighted by Crippen LogP contribution is 2.30. The van der Waals surface area contributed by atoms with Crippen LogP contribution in [0.15, 0.2) is 47.4 Å². The van der Waals surface area contributed by atoms with Gasteiger partial charge >= 0.3 is 6.03 Å². The van der Waals surface area contributed by atoms with Gasteiger partial charge in [0, 0.05) is 37.8 Å². The molecule has 0 aromatic heterocycles. The molecular weight excluding hydrogens is 588 g/mol. The van der Waals surface area contributed by atoms with Gasteiger partial charge in [-0.1, -0.05) is 18.2 Å². The van der Waals surface area contributed by atoms with Crippen LogP contribution in [0.25, 0.3) is 11.1 Å². The van der Waals surface area contributed by atoms with E-state index in [1.54, 1.807) is 30.3 Å². The molecule has 3 aliphatic heterocycles. The third kappa shape index (κ3) is 7.33. The maximum atomic E-state index is 13.6. The minimum absolute atomic E-state index is 0.0921. The molecule has 0 saturated carbocycles. The lowest BCUT2D eigenvalue weighted by molar-refractivity contribution is -0.133. The Bertz CT molecular complexity index is 1500. The number of hydrogen-bond acceptors (Lipinski definition) is 8. The zero-order chi connectivity index (χ0) is 31.6.